The maximum atomic E-state index is 12.1. The van der Waals surface area contributed by atoms with Crippen molar-refractivity contribution in [3.8, 4) is 5.75 Å². The van der Waals surface area contributed by atoms with Crippen LogP contribution in [0.4, 0.5) is 4.79 Å². The Kier molecular flexibility index (Phi) is 6.89. The first-order valence-electron chi connectivity index (χ1n) is 7.11. The topological polar surface area (TPSA) is 41.6 Å². The lowest BCUT2D eigenvalue weighted by molar-refractivity contribution is 0.200. The first kappa shape index (κ1) is 17.7. The minimum Gasteiger partial charge on any atom is -0.496 e. The maximum absolute atomic E-state index is 12.1. The lowest BCUT2D eigenvalue weighted by atomic mass is 10.1. The average molecular weight is 310 g/mol. The smallest absolute Gasteiger partial charge is 0.317 e. The molecule has 0 bridgehead atoms. The zero-order valence-corrected chi connectivity index (χ0v) is 14.6. The van der Waals surface area contributed by atoms with Crippen molar-refractivity contribution < 1.29 is 9.53 Å². The van der Waals surface area contributed by atoms with Crippen molar-refractivity contribution >= 4 is 17.8 Å². The van der Waals surface area contributed by atoms with Gasteiger partial charge in [-0.1, -0.05) is 19.9 Å². The van der Waals surface area contributed by atoms with Crippen LogP contribution in [-0.2, 0) is 6.54 Å². The number of carbonyl (C=O) groups is 1. The van der Waals surface area contributed by atoms with E-state index in [1.165, 1.54) is 0 Å². The number of nitrogens with zero attached hydrogens (tertiary/aromatic N) is 1. The van der Waals surface area contributed by atoms with Crippen LogP contribution in [-0.4, -0.2) is 37.4 Å². The van der Waals surface area contributed by atoms with E-state index in [0.29, 0.717) is 12.5 Å². The fourth-order valence-electron chi connectivity index (χ4n) is 1.80. The molecule has 21 heavy (non-hydrogen) atoms. The predicted octanol–water partition coefficient (Wildman–Crippen LogP) is 3.60. The molecule has 0 unspecified atom stereocenters. The fourth-order valence-corrected chi connectivity index (χ4v) is 2.34. The molecule has 1 aromatic rings. The highest BCUT2D eigenvalue weighted by molar-refractivity contribution is 7.98. The van der Waals surface area contributed by atoms with Gasteiger partial charge in [-0.25, -0.2) is 4.79 Å². The van der Waals surface area contributed by atoms with Gasteiger partial charge in [-0.15, -0.1) is 11.8 Å². The monoisotopic (exact) mass is 310 g/mol. The molecule has 5 heteroatoms. The normalized spacial score (nSPS) is 12.1. The van der Waals surface area contributed by atoms with Crippen LogP contribution < -0.4 is 10.1 Å². The summed E-state index contributed by atoms with van der Waals surface area (Å²) in [7, 11) is 3.47. The molecule has 1 aromatic carbocycles. The van der Waals surface area contributed by atoms with Crippen molar-refractivity contribution in [2.75, 3.05) is 20.4 Å². The van der Waals surface area contributed by atoms with Crippen molar-refractivity contribution in [3.63, 3.8) is 0 Å². The Morgan fingerprint density at radius 3 is 2.57 bits per heavy atom. The molecule has 0 saturated carbocycles. The van der Waals surface area contributed by atoms with Crippen molar-refractivity contribution in [3.05, 3.63) is 23.8 Å². The molecule has 0 aliphatic rings. The van der Waals surface area contributed by atoms with Crippen molar-refractivity contribution in [1.29, 1.82) is 0 Å². The van der Waals surface area contributed by atoms with Gasteiger partial charge >= 0.3 is 6.03 Å². The van der Waals surface area contributed by atoms with E-state index in [-0.39, 0.29) is 12.1 Å². The standard InChI is InChI=1S/C16H26N2O2S/c1-11(2)12(3)17-16(19)18(4)10-13-7-8-15(21-6)14(9-13)20-5/h7-9,11-12H,10H2,1-6H3,(H,17,19)/t12-/m0/s1. The van der Waals surface area contributed by atoms with E-state index in [4.69, 9.17) is 4.74 Å². The minimum absolute atomic E-state index is 0.0518. The summed E-state index contributed by atoms with van der Waals surface area (Å²) in [6, 6.07) is 6.16. The van der Waals surface area contributed by atoms with E-state index >= 15 is 0 Å². The Balaban J connectivity index is 2.70. The van der Waals surface area contributed by atoms with Gasteiger partial charge in [0.05, 0.1) is 7.11 Å². The van der Waals surface area contributed by atoms with Crippen LogP contribution in [0.1, 0.15) is 26.3 Å². The van der Waals surface area contributed by atoms with E-state index in [1.54, 1.807) is 30.8 Å². The second kappa shape index (κ2) is 8.17. The number of amides is 2. The summed E-state index contributed by atoms with van der Waals surface area (Å²) >= 11 is 1.65. The first-order chi connectivity index (χ1) is 9.88. The van der Waals surface area contributed by atoms with E-state index < -0.39 is 0 Å². The highest BCUT2D eigenvalue weighted by atomic mass is 32.2. The largest absolute Gasteiger partial charge is 0.496 e. The highest BCUT2D eigenvalue weighted by Gasteiger charge is 2.15. The molecular formula is C16H26N2O2S. The molecule has 2 amide bonds. The van der Waals surface area contributed by atoms with Crippen molar-refractivity contribution in [1.82, 2.24) is 10.2 Å². The van der Waals surface area contributed by atoms with Crippen LogP contribution in [0.25, 0.3) is 0 Å². The molecule has 0 aliphatic carbocycles. The quantitative estimate of drug-likeness (QED) is 0.816. The van der Waals surface area contributed by atoms with Crippen LogP contribution in [0.15, 0.2) is 23.1 Å². The third-order valence-corrected chi connectivity index (χ3v) is 4.34. The van der Waals surface area contributed by atoms with Gasteiger partial charge in [0, 0.05) is 24.5 Å². The van der Waals surface area contributed by atoms with Crippen LogP contribution in [0.2, 0.25) is 0 Å². The van der Waals surface area contributed by atoms with Crippen LogP contribution in [0.5, 0.6) is 5.75 Å². The molecule has 1 N–H and O–H groups in total. The van der Waals surface area contributed by atoms with Gasteiger partial charge in [0.2, 0.25) is 0 Å². The van der Waals surface area contributed by atoms with Gasteiger partial charge in [-0.05, 0) is 36.8 Å². The Hall–Kier alpha value is -1.36. The third kappa shape index (κ3) is 5.16. The van der Waals surface area contributed by atoms with Crippen LogP contribution in [0, 0.1) is 5.92 Å². The number of carbonyl (C=O) groups excluding carboxylic acids is 1. The summed E-state index contributed by atoms with van der Waals surface area (Å²) in [5.74, 6) is 1.27. The molecule has 0 heterocycles. The molecule has 0 aromatic heterocycles. The number of hydrogen-bond donors (Lipinski definition) is 1. The number of hydrogen-bond acceptors (Lipinski definition) is 3. The van der Waals surface area contributed by atoms with E-state index in [2.05, 4.69) is 19.2 Å². The highest BCUT2D eigenvalue weighted by Crippen LogP contribution is 2.28. The molecule has 4 nitrogen and oxygen atoms in total. The SMILES string of the molecule is COc1cc(CN(C)C(=O)N[C@@H](C)C(C)C)ccc1SC. The number of benzene rings is 1. The lowest BCUT2D eigenvalue weighted by Crippen LogP contribution is -2.43. The zero-order valence-electron chi connectivity index (χ0n) is 13.8. The number of thioether (sulfide) groups is 1. The fraction of sp³-hybridized carbons (Fsp3) is 0.562. The number of methoxy groups -OCH3 is 1. The predicted molar refractivity (Wildman–Crippen MR) is 89.1 cm³/mol. The lowest BCUT2D eigenvalue weighted by Gasteiger charge is -2.23. The number of rotatable bonds is 6. The molecule has 0 fully saturated rings. The molecule has 0 spiro atoms. The number of nitrogens with one attached hydrogen (secondary N) is 1. The van der Waals surface area contributed by atoms with E-state index in [1.807, 2.05) is 31.4 Å². The maximum Gasteiger partial charge on any atom is 0.317 e. The molecule has 0 radical (unpaired) electrons. The molecular weight excluding hydrogens is 284 g/mol. The van der Waals surface area contributed by atoms with Gasteiger partial charge in [-0.3, -0.25) is 0 Å². The Labute approximate surface area is 132 Å². The second-order valence-electron chi connectivity index (χ2n) is 5.53. The first-order valence-corrected chi connectivity index (χ1v) is 8.34. The van der Waals surface area contributed by atoms with Gasteiger partial charge in [0.15, 0.2) is 0 Å². The Bertz CT molecular complexity index is 477. The van der Waals surface area contributed by atoms with Gasteiger partial charge < -0.3 is 15.0 Å². The molecule has 118 valence electrons. The van der Waals surface area contributed by atoms with Crippen molar-refractivity contribution in [2.24, 2.45) is 5.92 Å². The van der Waals surface area contributed by atoms with Crippen molar-refractivity contribution in [2.45, 2.75) is 38.3 Å². The second-order valence-corrected chi connectivity index (χ2v) is 6.38. The third-order valence-electron chi connectivity index (χ3n) is 3.57. The molecule has 1 rings (SSSR count). The molecule has 1 atom stereocenters. The molecule has 0 saturated heterocycles. The van der Waals surface area contributed by atoms with E-state index in [9.17, 15) is 4.79 Å². The summed E-state index contributed by atoms with van der Waals surface area (Å²) in [6.45, 7) is 6.77. The number of ether oxygens (including phenoxy) is 1. The van der Waals surface area contributed by atoms with Gasteiger partial charge in [0.1, 0.15) is 5.75 Å². The summed E-state index contributed by atoms with van der Waals surface area (Å²) < 4.78 is 5.38. The van der Waals surface area contributed by atoms with Crippen LogP contribution >= 0.6 is 11.8 Å². The zero-order chi connectivity index (χ0) is 16.0. The Morgan fingerprint density at radius 1 is 1.38 bits per heavy atom. The van der Waals surface area contributed by atoms with E-state index in [0.717, 1.165) is 16.2 Å². The summed E-state index contributed by atoms with van der Waals surface area (Å²) in [5, 5.41) is 3.00. The van der Waals surface area contributed by atoms with Crippen LogP contribution in [0.3, 0.4) is 0 Å². The Morgan fingerprint density at radius 2 is 2.05 bits per heavy atom. The number of urea groups is 1. The van der Waals surface area contributed by atoms with Gasteiger partial charge in [-0.2, -0.15) is 0 Å². The summed E-state index contributed by atoms with van der Waals surface area (Å²) in [5.41, 5.74) is 1.06. The molecule has 0 aliphatic heterocycles. The summed E-state index contributed by atoms with van der Waals surface area (Å²) in [4.78, 5) is 14.9. The van der Waals surface area contributed by atoms with Gasteiger partial charge in [0.25, 0.3) is 0 Å². The minimum atomic E-state index is -0.0518. The summed E-state index contributed by atoms with van der Waals surface area (Å²) in [6.07, 6.45) is 2.02. The average Bonchev–Trinajstić information content (AvgIpc) is 2.46.